The third kappa shape index (κ3) is 3.82. The highest BCUT2D eigenvalue weighted by molar-refractivity contribution is 5.98. The Bertz CT molecular complexity index is 522. The van der Waals surface area contributed by atoms with Crippen molar-refractivity contribution in [1.29, 1.82) is 0 Å². The second-order valence-corrected chi connectivity index (χ2v) is 5.59. The van der Waals surface area contributed by atoms with Crippen molar-refractivity contribution >= 4 is 17.6 Å². The Morgan fingerprint density at radius 1 is 1.43 bits per heavy atom. The second-order valence-electron chi connectivity index (χ2n) is 5.59. The highest BCUT2D eigenvalue weighted by Gasteiger charge is 2.39. The Morgan fingerprint density at radius 2 is 2.24 bits per heavy atom. The lowest BCUT2D eigenvalue weighted by molar-refractivity contribution is -0.136. The number of hydrogen-bond acceptors (Lipinski definition) is 3. The first-order valence-electron chi connectivity index (χ1n) is 7.43. The zero-order valence-electron chi connectivity index (χ0n) is 12.3. The summed E-state index contributed by atoms with van der Waals surface area (Å²) in [7, 11) is 0. The van der Waals surface area contributed by atoms with Gasteiger partial charge in [-0.3, -0.25) is 9.59 Å². The van der Waals surface area contributed by atoms with Gasteiger partial charge >= 0.3 is 5.97 Å². The van der Waals surface area contributed by atoms with E-state index in [0.717, 1.165) is 32.2 Å². The van der Waals surface area contributed by atoms with Gasteiger partial charge in [-0.2, -0.15) is 0 Å². The number of carbonyl (C=O) groups is 2. The molecule has 5 nitrogen and oxygen atoms in total. The molecule has 1 atom stereocenters. The highest BCUT2D eigenvalue weighted by atomic mass is 16.4. The van der Waals surface area contributed by atoms with Gasteiger partial charge in [-0.05, 0) is 43.5 Å². The topological polar surface area (TPSA) is 78.4 Å². The molecule has 0 aliphatic carbocycles. The first-order valence-corrected chi connectivity index (χ1v) is 7.43. The van der Waals surface area contributed by atoms with Gasteiger partial charge < -0.3 is 15.7 Å². The number of amides is 1. The van der Waals surface area contributed by atoms with Crippen LogP contribution in [0.3, 0.4) is 0 Å². The van der Waals surface area contributed by atoms with Crippen molar-refractivity contribution in [2.75, 3.05) is 11.9 Å². The van der Waals surface area contributed by atoms with Crippen LogP contribution in [0.2, 0.25) is 0 Å². The Labute approximate surface area is 124 Å². The summed E-state index contributed by atoms with van der Waals surface area (Å²) in [5, 5.41) is 15.1. The minimum absolute atomic E-state index is 0.0191. The summed E-state index contributed by atoms with van der Waals surface area (Å²) in [6.45, 7) is 2.94. The van der Waals surface area contributed by atoms with Crippen LogP contribution in [0.4, 0.5) is 5.69 Å². The fourth-order valence-electron chi connectivity index (χ4n) is 2.94. The number of hydrogen-bond donors (Lipinski definition) is 3. The Balaban J connectivity index is 2.09. The smallest absolute Gasteiger partial charge is 0.307 e. The van der Waals surface area contributed by atoms with Crippen molar-refractivity contribution in [3.05, 3.63) is 29.8 Å². The number of carboxylic acid groups (broad SMARTS) is 1. The fourth-order valence-corrected chi connectivity index (χ4v) is 2.94. The maximum absolute atomic E-state index is 12.6. The minimum Gasteiger partial charge on any atom is -0.481 e. The summed E-state index contributed by atoms with van der Waals surface area (Å²) in [6.07, 6.45) is 3.57. The van der Waals surface area contributed by atoms with E-state index < -0.39 is 11.5 Å². The molecule has 0 radical (unpaired) electrons. The zero-order chi connectivity index (χ0) is 15.3. The molecule has 3 N–H and O–H groups in total. The van der Waals surface area contributed by atoms with E-state index in [-0.39, 0.29) is 12.3 Å². The summed E-state index contributed by atoms with van der Waals surface area (Å²) < 4.78 is 0. The summed E-state index contributed by atoms with van der Waals surface area (Å²) in [4.78, 5) is 23.3. The van der Waals surface area contributed by atoms with Crippen LogP contribution < -0.4 is 10.6 Å². The molecule has 0 aromatic heterocycles. The van der Waals surface area contributed by atoms with Crippen molar-refractivity contribution in [3.63, 3.8) is 0 Å². The molecule has 0 bridgehead atoms. The molecule has 2 rings (SSSR count). The van der Waals surface area contributed by atoms with Gasteiger partial charge in [-0.1, -0.05) is 25.5 Å². The third-order valence-electron chi connectivity index (χ3n) is 3.90. The van der Waals surface area contributed by atoms with Gasteiger partial charge in [-0.25, -0.2) is 0 Å². The molecular weight excluding hydrogens is 268 g/mol. The van der Waals surface area contributed by atoms with Crippen molar-refractivity contribution in [2.24, 2.45) is 0 Å². The van der Waals surface area contributed by atoms with Gasteiger partial charge in [0.2, 0.25) is 5.91 Å². The summed E-state index contributed by atoms with van der Waals surface area (Å²) >= 11 is 0. The number of nitrogens with one attached hydrogen (secondary N) is 2. The molecule has 1 unspecified atom stereocenters. The van der Waals surface area contributed by atoms with Crippen LogP contribution in [0.25, 0.3) is 0 Å². The Morgan fingerprint density at radius 3 is 2.86 bits per heavy atom. The molecule has 114 valence electrons. The number of benzene rings is 1. The van der Waals surface area contributed by atoms with Crippen LogP contribution in [-0.4, -0.2) is 29.1 Å². The predicted octanol–water partition coefficient (Wildman–Crippen LogP) is 2.17. The maximum Gasteiger partial charge on any atom is 0.307 e. The number of anilines is 1. The standard InChI is InChI=1S/C16H22N2O3/c1-2-7-16(8-4-9-17-16)15(21)18-13-6-3-5-12(10-13)11-14(19)20/h3,5-6,10,17H,2,4,7-9,11H2,1H3,(H,18,21)(H,19,20). The largest absolute Gasteiger partial charge is 0.481 e. The monoisotopic (exact) mass is 290 g/mol. The lowest BCUT2D eigenvalue weighted by atomic mass is 9.90. The number of rotatable bonds is 6. The van der Waals surface area contributed by atoms with E-state index >= 15 is 0 Å². The minimum atomic E-state index is -0.876. The van der Waals surface area contributed by atoms with Crippen LogP contribution in [0.15, 0.2) is 24.3 Å². The van der Waals surface area contributed by atoms with Crippen LogP contribution >= 0.6 is 0 Å². The molecule has 0 saturated carbocycles. The maximum atomic E-state index is 12.6. The summed E-state index contributed by atoms with van der Waals surface area (Å²) in [5.41, 5.74) is 0.865. The number of carbonyl (C=O) groups excluding carboxylic acids is 1. The highest BCUT2D eigenvalue weighted by Crippen LogP contribution is 2.26. The van der Waals surface area contributed by atoms with Crippen molar-refractivity contribution in [2.45, 2.75) is 44.6 Å². The zero-order valence-corrected chi connectivity index (χ0v) is 12.3. The SMILES string of the molecule is CCCC1(C(=O)Nc2cccc(CC(=O)O)c2)CCCN1. The van der Waals surface area contributed by atoms with Gasteiger partial charge in [0.15, 0.2) is 0 Å². The molecule has 1 aromatic rings. The Kier molecular flexibility index (Phi) is 4.96. The third-order valence-corrected chi connectivity index (χ3v) is 3.90. The lowest BCUT2D eigenvalue weighted by Crippen LogP contribution is -2.50. The molecule has 5 heteroatoms. The quantitative estimate of drug-likeness (QED) is 0.750. The molecular formula is C16H22N2O3. The second kappa shape index (κ2) is 6.72. The van der Waals surface area contributed by atoms with Gasteiger partial charge in [0.25, 0.3) is 0 Å². The first-order chi connectivity index (χ1) is 10.1. The van der Waals surface area contributed by atoms with Crippen molar-refractivity contribution in [1.82, 2.24) is 5.32 Å². The molecule has 1 aliphatic rings. The van der Waals surface area contributed by atoms with E-state index in [9.17, 15) is 9.59 Å². The Hall–Kier alpha value is -1.88. The van der Waals surface area contributed by atoms with Gasteiger partial charge in [0.1, 0.15) is 0 Å². The fraction of sp³-hybridized carbons (Fsp3) is 0.500. The average Bonchev–Trinajstić information content (AvgIpc) is 2.88. The predicted molar refractivity (Wildman–Crippen MR) is 81.3 cm³/mol. The molecule has 1 amide bonds. The molecule has 1 aliphatic heterocycles. The number of aliphatic carboxylic acids is 1. The van der Waals surface area contributed by atoms with Crippen LogP contribution in [0.5, 0.6) is 0 Å². The van der Waals surface area contributed by atoms with E-state index in [0.29, 0.717) is 11.3 Å². The van der Waals surface area contributed by atoms with Crippen molar-refractivity contribution in [3.8, 4) is 0 Å². The average molecular weight is 290 g/mol. The first kappa shape index (κ1) is 15.5. The normalized spacial score (nSPS) is 21.2. The van der Waals surface area contributed by atoms with Gasteiger partial charge in [0.05, 0.1) is 12.0 Å². The number of carboxylic acids is 1. The molecule has 21 heavy (non-hydrogen) atoms. The molecule has 0 spiro atoms. The molecule has 1 aromatic carbocycles. The van der Waals surface area contributed by atoms with E-state index in [4.69, 9.17) is 5.11 Å². The molecule has 1 heterocycles. The van der Waals surface area contributed by atoms with E-state index in [1.54, 1.807) is 24.3 Å². The van der Waals surface area contributed by atoms with Gasteiger partial charge in [0, 0.05) is 5.69 Å². The molecule has 1 fully saturated rings. The van der Waals surface area contributed by atoms with Crippen LogP contribution in [0, 0.1) is 0 Å². The van der Waals surface area contributed by atoms with Crippen molar-refractivity contribution < 1.29 is 14.7 Å². The lowest BCUT2D eigenvalue weighted by Gasteiger charge is -2.27. The summed E-state index contributed by atoms with van der Waals surface area (Å²) in [5.74, 6) is -0.896. The molecule has 1 saturated heterocycles. The van der Waals surface area contributed by atoms with Crippen LogP contribution in [-0.2, 0) is 16.0 Å². The van der Waals surface area contributed by atoms with E-state index in [1.165, 1.54) is 0 Å². The van der Waals surface area contributed by atoms with E-state index in [2.05, 4.69) is 17.6 Å². The summed E-state index contributed by atoms with van der Waals surface area (Å²) in [6, 6.07) is 7.03. The van der Waals surface area contributed by atoms with Gasteiger partial charge in [-0.15, -0.1) is 0 Å². The van der Waals surface area contributed by atoms with E-state index in [1.807, 2.05) is 0 Å². The van der Waals surface area contributed by atoms with Crippen LogP contribution in [0.1, 0.15) is 38.2 Å².